The van der Waals surface area contributed by atoms with Crippen molar-refractivity contribution in [3.8, 4) is 0 Å². The average Bonchev–Trinajstić information content (AvgIpc) is 2.57. The molecule has 0 bridgehead atoms. The maximum atomic E-state index is 11.5. The van der Waals surface area contributed by atoms with E-state index in [1.165, 1.54) is 6.08 Å². The van der Waals surface area contributed by atoms with Crippen LogP contribution < -0.4 is 0 Å². The Labute approximate surface area is 92.7 Å². The molecule has 1 rings (SSSR count). The molecule has 3 heteroatoms. The summed E-state index contributed by atoms with van der Waals surface area (Å²) in [6.07, 6.45) is 1.41. The summed E-state index contributed by atoms with van der Waals surface area (Å²) in [6, 6.07) is 1.00. The zero-order valence-corrected chi connectivity index (χ0v) is 10.2. The lowest BCUT2D eigenvalue weighted by molar-refractivity contribution is -0.125. The number of likely N-dealkylation sites (N-methyl/N-ethyl adjacent to an activating group) is 1. The summed E-state index contributed by atoms with van der Waals surface area (Å²) in [6.45, 7) is 11.8. The molecule has 0 radical (unpaired) electrons. The molecule has 0 aromatic carbocycles. The predicted molar refractivity (Wildman–Crippen MR) is 62.6 cm³/mol. The Morgan fingerprint density at radius 1 is 1.53 bits per heavy atom. The highest BCUT2D eigenvalue weighted by molar-refractivity contribution is 5.87. The molecular weight excluding hydrogens is 188 g/mol. The van der Waals surface area contributed by atoms with Crippen molar-refractivity contribution in [2.75, 3.05) is 20.1 Å². The van der Waals surface area contributed by atoms with Gasteiger partial charge in [0.25, 0.3) is 0 Å². The summed E-state index contributed by atoms with van der Waals surface area (Å²) in [5.74, 6) is 0.600. The molecule has 0 aliphatic carbocycles. The lowest BCUT2D eigenvalue weighted by Crippen LogP contribution is -2.42. The highest BCUT2D eigenvalue weighted by Gasteiger charge is 2.34. The number of hydrogen-bond acceptors (Lipinski definition) is 2. The molecule has 1 aliphatic heterocycles. The van der Waals surface area contributed by atoms with Gasteiger partial charge in [0.1, 0.15) is 0 Å². The van der Waals surface area contributed by atoms with Crippen LogP contribution >= 0.6 is 0 Å². The zero-order valence-electron chi connectivity index (χ0n) is 10.2. The lowest BCUT2D eigenvalue weighted by atomic mass is 10.0. The van der Waals surface area contributed by atoms with Gasteiger partial charge in [-0.2, -0.15) is 0 Å². The van der Waals surface area contributed by atoms with Crippen LogP contribution in [0, 0.1) is 5.92 Å². The van der Waals surface area contributed by atoms with Crippen molar-refractivity contribution in [2.45, 2.75) is 32.9 Å². The van der Waals surface area contributed by atoms with Crippen molar-refractivity contribution in [3.63, 3.8) is 0 Å². The van der Waals surface area contributed by atoms with Gasteiger partial charge in [0.2, 0.25) is 5.91 Å². The van der Waals surface area contributed by atoms with Gasteiger partial charge in [-0.25, -0.2) is 0 Å². The molecule has 1 aliphatic rings. The van der Waals surface area contributed by atoms with Crippen molar-refractivity contribution in [1.82, 2.24) is 9.80 Å². The molecule has 1 heterocycles. The van der Waals surface area contributed by atoms with Crippen molar-refractivity contribution >= 4 is 5.91 Å². The van der Waals surface area contributed by atoms with Gasteiger partial charge in [-0.15, -0.1) is 0 Å². The summed E-state index contributed by atoms with van der Waals surface area (Å²) in [5.41, 5.74) is 0. The largest absolute Gasteiger partial charge is 0.337 e. The fourth-order valence-corrected chi connectivity index (χ4v) is 2.17. The number of carbonyl (C=O) groups is 1. The van der Waals surface area contributed by atoms with E-state index in [0.717, 1.165) is 13.1 Å². The molecule has 1 fully saturated rings. The molecule has 1 saturated heterocycles. The molecular formula is C12H22N2O. The summed E-state index contributed by atoms with van der Waals surface area (Å²) in [4.78, 5) is 15.7. The predicted octanol–water partition coefficient (Wildman–Crippen LogP) is 1.36. The van der Waals surface area contributed by atoms with Crippen LogP contribution in [0.1, 0.15) is 20.8 Å². The van der Waals surface area contributed by atoms with E-state index in [9.17, 15) is 4.79 Å². The third-order valence-corrected chi connectivity index (χ3v) is 3.40. The Hall–Kier alpha value is -0.830. The molecule has 0 aromatic rings. The third-order valence-electron chi connectivity index (χ3n) is 3.40. The molecule has 1 amide bonds. The van der Waals surface area contributed by atoms with Gasteiger partial charge >= 0.3 is 0 Å². The Kier molecular flexibility index (Phi) is 3.91. The van der Waals surface area contributed by atoms with E-state index >= 15 is 0 Å². The third kappa shape index (κ3) is 2.59. The maximum Gasteiger partial charge on any atom is 0.246 e. The molecule has 2 atom stereocenters. The van der Waals surface area contributed by atoms with Crippen LogP contribution in [-0.4, -0.2) is 47.9 Å². The minimum atomic E-state index is 0.0570. The second-order valence-electron chi connectivity index (χ2n) is 4.75. The normalized spacial score (nSPS) is 26.4. The molecule has 0 saturated carbocycles. The first-order chi connectivity index (χ1) is 6.97. The van der Waals surface area contributed by atoms with Crippen molar-refractivity contribution in [2.24, 2.45) is 5.92 Å². The van der Waals surface area contributed by atoms with Gasteiger partial charge in [0.15, 0.2) is 0 Å². The monoisotopic (exact) mass is 210 g/mol. The smallest absolute Gasteiger partial charge is 0.246 e. The Morgan fingerprint density at radius 3 is 2.60 bits per heavy atom. The van der Waals surface area contributed by atoms with Crippen LogP contribution in [-0.2, 0) is 4.79 Å². The van der Waals surface area contributed by atoms with Gasteiger partial charge in [-0.05, 0) is 32.9 Å². The standard InChI is InChI=1S/C12H22N2O/c1-6-12(15)14-7-10(4)11(8-14)13(5)9(2)3/h6,9-11H,1,7-8H2,2-5H3/t10-,11?/m0/s1. The van der Waals surface area contributed by atoms with Gasteiger partial charge in [-0.3, -0.25) is 9.69 Å². The Morgan fingerprint density at radius 2 is 2.13 bits per heavy atom. The maximum absolute atomic E-state index is 11.5. The molecule has 3 nitrogen and oxygen atoms in total. The molecule has 0 spiro atoms. The number of rotatable bonds is 3. The van der Waals surface area contributed by atoms with Gasteiger partial charge in [0.05, 0.1) is 0 Å². The number of hydrogen-bond donors (Lipinski definition) is 0. The molecule has 0 aromatic heterocycles. The number of nitrogens with zero attached hydrogens (tertiary/aromatic N) is 2. The number of carbonyl (C=O) groups excluding carboxylic acids is 1. The highest BCUT2D eigenvalue weighted by Crippen LogP contribution is 2.22. The first-order valence-corrected chi connectivity index (χ1v) is 5.60. The van der Waals surface area contributed by atoms with E-state index in [2.05, 4.69) is 39.3 Å². The first kappa shape index (κ1) is 12.2. The van der Waals surface area contributed by atoms with E-state index in [-0.39, 0.29) is 5.91 Å². The van der Waals surface area contributed by atoms with E-state index in [1.54, 1.807) is 0 Å². The van der Waals surface area contributed by atoms with Crippen molar-refractivity contribution < 1.29 is 4.79 Å². The van der Waals surface area contributed by atoms with Gasteiger partial charge in [-0.1, -0.05) is 13.5 Å². The van der Waals surface area contributed by atoms with Crippen LogP contribution in [0.2, 0.25) is 0 Å². The summed E-state index contributed by atoms with van der Waals surface area (Å²) in [7, 11) is 2.13. The van der Waals surface area contributed by atoms with E-state index < -0.39 is 0 Å². The quantitative estimate of drug-likeness (QED) is 0.657. The van der Waals surface area contributed by atoms with E-state index in [1.807, 2.05) is 4.90 Å². The molecule has 86 valence electrons. The molecule has 15 heavy (non-hydrogen) atoms. The number of amides is 1. The fraction of sp³-hybridized carbons (Fsp3) is 0.750. The van der Waals surface area contributed by atoms with Crippen LogP contribution in [0.5, 0.6) is 0 Å². The minimum absolute atomic E-state index is 0.0570. The van der Waals surface area contributed by atoms with Crippen LogP contribution in [0.3, 0.4) is 0 Å². The molecule has 0 N–H and O–H groups in total. The van der Waals surface area contributed by atoms with E-state index in [0.29, 0.717) is 18.0 Å². The van der Waals surface area contributed by atoms with Crippen molar-refractivity contribution in [3.05, 3.63) is 12.7 Å². The second kappa shape index (κ2) is 4.79. The fourth-order valence-electron chi connectivity index (χ4n) is 2.17. The van der Waals surface area contributed by atoms with Crippen LogP contribution in [0.25, 0.3) is 0 Å². The topological polar surface area (TPSA) is 23.6 Å². The van der Waals surface area contributed by atoms with Crippen LogP contribution in [0.15, 0.2) is 12.7 Å². The van der Waals surface area contributed by atoms with Gasteiger partial charge < -0.3 is 4.90 Å². The summed E-state index contributed by atoms with van der Waals surface area (Å²) < 4.78 is 0. The summed E-state index contributed by atoms with van der Waals surface area (Å²) in [5, 5.41) is 0. The lowest BCUT2D eigenvalue weighted by Gasteiger charge is -2.30. The van der Waals surface area contributed by atoms with Crippen LogP contribution in [0.4, 0.5) is 0 Å². The number of likely N-dealkylation sites (tertiary alicyclic amines) is 1. The molecule has 1 unspecified atom stereocenters. The second-order valence-corrected chi connectivity index (χ2v) is 4.75. The average molecular weight is 210 g/mol. The highest BCUT2D eigenvalue weighted by atomic mass is 16.2. The van der Waals surface area contributed by atoms with Crippen molar-refractivity contribution in [1.29, 1.82) is 0 Å². The SMILES string of the molecule is C=CC(=O)N1CC(N(C)C(C)C)[C@@H](C)C1. The van der Waals surface area contributed by atoms with E-state index in [4.69, 9.17) is 0 Å². The minimum Gasteiger partial charge on any atom is -0.337 e. The Bertz CT molecular complexity index is 250. The first-order valence-electron chi connectivity index (χ1n) is 5.60. The summed E-state index contributed by atoms with van der Waals surface area (Å²) >= 11 is 0. The van der Waals surface area contributed by atoms with Gasteiger partial charge in [0, 0.05) is 25.2 Å². The zero-order chi connectivity index (χ0) is 11.6. The Balaban J connectivity index is 2.64.